The van der Waals surface area contributed by atoms with Gasteiger partial charge in [-0.2, -0.15) is 0 Å². The smallest absolute Gasteiger partial charge is 0.235 e. The minimum absolute atomic E-state index is 0.643. The molecule has 3 aromatic heterocycles. The van der Waals surface area contributed by atoms with Crippen molar-refractivity contribution < 1.29 is 4.42 Å². The van der Waals surface area contributed by atoms with E-state index >= 15 is 0 Å². The lowest BCUT2D eigenvalue weighted by Gasteiger charge is -2.12. The van der Waals surface area contributed by atoms with Crippen LogP contribution in [-0.4, -0.2) is 14.5 Å². The number of benzene rings is 8. The Kier molecular flexibility index (Phi) is 5.08. The first kappa shape index (κ1) is 25.6. The Labute approximate surface area is 274 Å². The van der Waals surface area contributed by atoms with Crippen molar-refractivity contribution in [2.24, 2.45) is 0 Å². The normalized spacial score (nSPS) is 12.2. The molecule has 0 fully saturated rings. The van der Waals surface area contributed by atoms with E-state index in [2.05, 4.69) is 150 Å². The van der Waals surface area contributed by atoms with Crippen molar-refractivity contribution in [3.63, 3.8) is 0 Å². The molecular formula is C44H25N3O. The highest BCUT2D eigenvalue weighted by Crippen LogP contribution is 2.41. The summed E-state index contributed by atoms with van der Waals surface area (Å²) in [6.45, 7) is 0. The number of hydrogen-bond acceptors (Lipinski definition) is 3. The summed E-state index contributed by atoms with van der Waals surface area (Å²) in [7, 11) is 0. The molecule has 0 spiro atoms. The zero-order valence-corrected chi connectivity index (χ0v) is 25.7. The van der Waals surface area contributed by atoms with Crippen LogP contribution in [0.3, 0.4) is 0 Å². The maximum Gasteiger partial charge on any atom is 0.235 e. The van der Waals surface area contributed by atoms with Gasteiger partial charge in [-0.05, 0) is 63.3 Å². The fraction of sp³-hybridized carbons (Fsp3) is 0. The number of aromatic nitrogens is 3. The van der Waals surface area contributed by atoms with Crippen molar-refractivity contribution in [1.82, 2.24) is 14.5 Å². The Morgan fingerprint density at radius 1 is 0.438 bits per heavy atom. The van der Waals surface area contributed by atoms with E-state index in [1.54, 1.807) is 0 Å². The van der Waals surface area contributed by atoms with Crippen LogP contribution in [0.2, 0.25) is 0 Å². The lowest BCUT2D eigenvalue weighted by molar-refractivity contribution is 0.673. The molecule has 222 valence electrons. The van der Waals surface area contributed by atoms with Gasteiger partial charge in [-0.25, -0.2) is 9.97 Å². The Morgan fingerprint density at radius 3 is 1.71 bits per heavy atom. The average molecular weight is 612 g/mol. The van der Waals surface area contributed by atoms with Crippen LogP contribution in [-0.2, 0) is 0 Å². The maximum atomic E-state index is 6.59. The van der Waals surface area contributed by atoms with E-state index in [1.165, 1.54) is 37.7 Å². The molecule has 0 saturated carbocycles. The molecule has 0 radical (unpaired) electrons. The molecule has 4 heteroatoms. The fourth-order valence-electron chi connectivity index (χ4n) is 7.80. The van der Waals surface area contributed by atoms with E-state index in [0.29, 0.717) is 5.95 Å². The predicted molar refractivity (Wildman–Crippen MR) is 199 cm³/mol. The molecular weight excluding hydrogens is 587 g/mol. The Bertz CT molecular complexity index is 3040. The van der Waals surface area contributed by atoms with Crippen LogP contribution < -0.4 is 0 Å². The van der Waals surface area contributed by atoms with Crippen molar-refractivity contribution >= 4 is 87.0 Å². The molecule has 0 aliphatic carbocycles. The molecule has 3 heterocycles. The number of para-hydroxylation sites is 1. The van der Waals surface area contributed by atoms with Gasteiger partial charge in [0.2, 0.25) is 5.95 Å². The van der Waals surface area contributed by atoms with Gasteiger partial charge >= 0.3 is 0 Å². The van der Waals surface area contributed by atoms with Crippen LogP contribution in [0.1, 0.15) is 0 Å². The summed E-state index contributed by atoms with van der Waals surface area (Å²) in [5.41, 5.74) is 6.68. The van der Waals surface area contributed by atoms with E-state index in [4.69, 9.17) is 14.4 Å². The molecule has 8 aromatic carbocycles. The molecule has 0 saturated heterocycles. The van der Waals surface area contributed by atoms with Gasteiger partial charge < -0.3 is 4.42 Å². The second-order valence-electron chi connectivity index (χ2n) is 12.6. The van der Waals surface area contributed by atoms with Crippen molar-refractivity contribution in [2.75, 3.05) is 0 Å². The van der Waals surface area contributed by atoms with Crippen molar-refractivity contribution in [3.8, 4) is 17.2 Å². The minimum Gasteiger partial charge on any atom is -0.455 e. The molecule has 48 heavy (non-hydrogen) atoms. The van der Waals surface area contributed by atoms with Gasteiger partial charge in [-0.15, -0.1) is 0 Å². The predicted octanol–water partition coefficient (Wildman–Crippen LogP) is 11.8. The van der Waals surface area contributed by atoms with Crippen molar-refractivity contribution in [1.29, 1.82) is 0 Å². The average Bonchev–Trinajstić information content (AvgIpc) is 3.70. The summed E-state index contributed by atoms with van der Waals surface area (Å²) in [6, 6.07) is 53.6. The van der Waals surface area contributed by atoms with E-state index in [9.17, 15) is 0 Å². The van der Waals surface area contributed by atoms with Gasteiger partial charge in [0.1, 0.15) is 11.2 Å². The highest BCUT2D eigenvalue weighted by molar-refractivity contribution is 6.28. The van der Waals surface area contributed by atoms with Crippen LogP contribution >= 0.6 is 0 Å². The summed E-state index contributed by atoms with van der Waals surface area (Å²) in [5.74, 6) is 0.643. The Hall–Kier alpha value is -6.52. The van der Waals surface area contributed by atoms with Gasteiger partial charge in [0.25, 0.3) is 0 Å². The molecule has 0 atom stereocenters. The first-order valence-electron chi connectivity index (χ1n) is 16.3. The molecule has 0 bridgehead atoms. The van der Waals surface area contributed by atoms with Gasteiger partial charge in [-0.1, -0.05) is 115 Å². The zero-order valence-electron chi connectivity index (χ0n) is 25.7. The Balaban J connectivity index is 1.22. The van der Waals surface area contributed by atoms with Crippen molar-refractivity contribution in [3.05, 3.63) is 152 Å². The summed E-state index contributed by atoms with van der Waals surface area (Å²) >= 11 is 0. The highest BCUT2D eigenvalue weighted by atomic mass is 16.3. The number of furan rings is 1. The second kappa shape index (κ2) is 9.50. The van der Waals surface area contributed by atoms with Crippen LogP contribution in [0.5, 0.6) is 0 Å². The summed E-state index contributed by atoms with van der Waals surface area (Å²) in [6.07, 6.45) is 0. The number of hydrogen-bond donors (Lipinski definition) is 0. The lowest BCUT2D eigenvalue weighted by atomic mass is 10.00. The maximum absolute atomic E-state index is 6.59. The number of fused-ring (bicyclic) bond motifs is 13. The minimum atomic E-state index is 0.643. The molecule has 4 nitrogen and oxygen atoms in total. The second-order valence-corrected chi connectivity index (χ2v) is 12.6. The standard InChI is InChI=1S/C44H25N3O/c1-4-12-30-26(9-1)19-23-37-40(30)41-31-13-5-2-10-27(31)20-24-38(41)47(37)44-45-36-16-8-7-15-35(36)42(46-44)29-18-21-33-34-22-17-28-11-3-6-14-32(28)43(34)48-39(33)25-29/h1-25H. The van der Waals surface area contributed by atoms with E-state index in [0.717, 1.165) is 60.5 Å². The molecule has 0 amide bonds. The third-order valence-electron chi connectivity index (χ3n) is 9.97. The molecule has 11 rings (SSSR count). The van der Waals surface area contributed by atoms with Crippen molar-refractivity contribution in [2.45, 2.75) is 0 Å². The number of nitrogens with zero attached hydrogens (tertiary/aromatic N) is 3. The molecule has 0 aliphatic rings. The SMILES string of the molecule is c1ccc2c(c1)ccc1c3ccc(-c4nc(-n5c6ccc7ccccc7c6c6c7ccccc7ccc65)nc5ccccc45)cc3oc21. The summed E-state index contributed by atoms with van der Waals surface area (Å²) in [4.78, 5) is 10.6. The topological polar surface area (TPSA) is 43.9 Å². The molecule has 0 N–H and O–H groups in total. The monoisotopic (exact) mass is 611 g/mol. The summed E-state index contributed by atoms with van der Waals surface area (Å²) in [5, 5.41) is 12.8. The molecule has 0 aliphatic heterocycles. The third kappa shape index (κ3) is 3.49. The largest absolute Gasteiger partial charge is 0.455 e. The fourth-order valence-corrected chi connectivity index (χ4v) is 7.80. The van der Waals surface area contributed by atoms with Gasteiger partial charge in [0.15, 0.2) is 0 Å². The first-order valence-corrected chi connectivity index (χ1v) is 16.3. The highest BCUT2D eigenvalue weighted by Gasteiger charge is 2.21. The third-order valence-corrected chi connectivity index (χ3v) is 9.97. The van der Waals surface area contributed by atoms with E-state index < -0.39 is 0 Å². The number of rotatable bonds is 2. The van der Waals surface area contributed by atoms with Crippen LogP contribution in [0.25, 0.3) is 104 Å². The lowest BCUT2D eigenvalue weighted by Crippen LogP contribution is -2.03. The van der Waals surface area contributed by atoms with Gasteiger partial charge in [0.05, 0.1) is 22.2 Å². The van der Waals surface area contributed by atoms with Gasteiger partial charge in [0, 0.05) is 37.9 Å². The van der Waals surface area contributed by atoms with Crippen LogP contribution in [0.4, 0.5) is 0 Å². The molecule has 11 aromatic rings. The van der Waals surface area contributed by atoms with E-state index in [-0.39, 0.29) is 0 Å². The quantitative estimate of drug-likeness (QED) is 0.195. The summed E-state index contributed by atoms with van der Waals surface area (Å²) < 4.78 is 8.83. The molecule has 0 unspecified atom stereocenters. The first-order chi connectivity index (χ1) is 23.8. The van der Waals surface area contributed by atoms with Gasteiger partial charge in [-0.3, -0.25) is 4.57 Å². The van der Waals surface area contributed by atoms with Crippen LogP contribution in [0.15, 0.2) is 156 Å². The Morgan fingerprint density at radius 2 is 1.00 bits per heavy atom. The zero-order chi connectivity index (χ0) is 31.3. The van der Waals surface area contributed by atoms with E-state index in [1.807, 2.05) is 6.07 Å². The van der Waals surface area contributed by atoms with Crippen LogP contribution in [0, 0.1) is 0 Å².